The zero-order valence-corrected chi connectivity index (χ0v) is 12.3. The summed E-state index contributed by atoms with van der Waals surface area (Å²) < 4.78 is 26.4. The third kappa shape index (κ3) is 4.26. The molecular formula is C16H15F2N3O2. The smallest absolute Gasteiger partial charge is 0.316 e. The Hall–Kier alpha value is -2.96. The molecule has 0 aliphatic heterocycles. The van der Waals surface area contributed by atoms with E-state index in [1.807, 2.05) is 0 Å². The molecule has 3 amide bonds. The van der Waals surface area contributed by atoms with E-state index in [1.54, 1.807) is 31.2 Å². The van der Waals surface area contributed by atoms with E-state index in [1.165, 1.54) is 0 Å². The average molecular weight is 319 g/mol. The van der Waals surface area contributed by atoms with Gasteiger partial charge in [0.15, 0.2) is 0 Å². The van der Waals surface area contributed by atoms with Gasteiger partial charge in [0.2, 0.25) is 0 Å². The van der Waals surface area contributed by atoms with Gasteiger partial charge in [0.1, 0.15) is 11.6 Å². The molecule has 4 N–H and O–H groups in total. The minimum Gasteiger partial charge on any atom is -0.351 e. The summed E-state index contributed by atoms with van der Waals surface area (Å²) in [5.41, 5.74) is 6.04. The van der Waals surface area contributed by atoms with Crippen molar-refractivity contribution in [3.8, 4) is 0 Å². The molecule has 1 atom stereocenters. The Balaban J connectivity index is 2.07. The topological polar surface area (TPSA) is 84.2 Å². The lowest BCUT2D eigenvalue weighted by Gasteiger charge is -2.15. The SMILES string of the molecule is C[C@H](NC(=O)c1ccc(F)cc1F)c1ccc(NC(N)=O)cc1. The van der Waals surface area contributed by atoms with E-state index in [4.69, 9.17) is 5.73 Å². The highest BCUT2D eigenvalue weighted by atomic mass is 19.1. The summed E-state index contributed by atoms with van der Waals surface area (Å²) in [7, 11) is 0. The minimum absolute atomic E-state index is 0.231. The molecule has 0 aliphatic rings. The summed E-state index contributed by atoms with van der Waals surface area (Å²) >= 11 is 0. The van der Waals surface area contributed by atoms with Gasteiger partial charge in [0.25, 0.3) is 5.91 Å². The van der Waals surface area contributed by atoms with Gasteiger partial charge in [-0.1, -0.05) is 12.1 Å². The van der Waals surface area contributed by atoms with Crippen LogP contribution < -0.4 is 16.4 Å². The van der Waals surface area contributed by atoms with Gasteiger partial charge in [-0.05, 0) is 36.8 Å². The number of nitrogens with one attached hydrogen (secondary N) is 2. The first-order valence-electron chi connectivity index (χ1n) is 6.79. The van der Waals surface area contributed by atoms with Gasteiger partial charge >= 0.3 is 6.03 Å². The van der Waals surface area contributed by atoms with Crippen LogP contribution in [0.4, 0.5) is 19.3 Å². The van der Waals surface area contributed by atoms with E-state index in [0.717, 1.165) is 17.7 Å². The first-order chi connectivity index (χ1) is 10.9. The second kappa shape index (κ2) is 6.87. The van der Waals surface area contributed by atoms with Gasteiger partial charge in [-0.15, -0.1) is 0 Å². The van der Waals surface area contributed by atoms with Crippen molar-refractivity contribution in [2.24, 2.45) is 5.73 Å². The molecule has 0 bridgehead atoms. The summed E-state index contributed by atoms with van der Waals surface area (Å²) in [5.74, 6) is -2.31. The monoisotopic (exact) mass is 319 g/mol. The number of benzene rings is 2. The molecule has 0 unspecified atom stereocenters. The largest absolute Gasteiger partial charge is 0.351 e. The highest BCUT2D eigenvalue weighted by molar-refractivity contribution is 5.94. The Morgan fingerprint density at radius 3 is 2.30 bits per heavy atom. The van der Waals surface area contributed by atoms with Crippen molar-refractivity contribution in [3.63, 3.8) is 0 Å². The van der Waals surface area contributed by atoms with Gasteiger partial charge in [-0.2, -0.15) is 0 Å². The fourth-order valence-corrected chi connectivity index (χ4v) is 2.03. The zero-order chi connectivity index (χ0) is 17.0. The highest BCUT2D eigenvalue weighted by Crippen LogP contribution is 2.17. The van der Waals surface area contributed by atoms with Crippen LogP contribution in [0.2, 0.25) is 0 Å². The molecule has 120 valence electrons. The second-order valence-corrected chi connectivity index (χ2v) is 4.93. The van der Waals surface area contributed by atoms with Gasteiger partial charge in [0.05, 0.1) is 11.6 Å². The van der Waals surface area contributed by atoms with Gasteiger partial charge in [-0.25, -0.2) is 13.6 Å². The predicted molar refractivity (Wildman–Crippen MR) is 81.9 cm³/mol. The van der Waals surface area contributed by atoms with Crippen LogP contribution in [0.15, 0.2) is 42.5 Å². The average Bonchev–Trinajstić information content (AvgIpc) is 2.47. The van der Waals surface area contributed by atoms with E-state index in [2.05, 4.69) is 10.6 Å². The molecule has 23 heavy (non-hydrogen) atoms. The standard InChI is InChI=1S/C16H15F2N3O2/c1-9(10-2-5-12(6-3-10)21-16(19)23)20-15(22)13-7-4-11(17)8-14(13)18/h2-9H,1H3,(H,20,22)(H3,19,21,23)/t9-/m0/s1. The summed E-state index contributed by atoms with van der Waals surface area (Å²) in [4.78, 5) is 22.8. The van der Waals surface area contributed by atoms with Gasteiger partial charge in [0, 0.05) is 11.8 Å². The predicted octanol–water partition coefficient (Wildman–Crippen LogP) is 2.95. The number of anilines is 1. The Bertz CT molecular complexity index is 733. The number of nitrogens with two attached hydrogens (primary N) is 1. The number of hydrogen-bond acceptors (Lipinski definition) is 2. The Kier molecular flexibility index (Phi) is 4.90. The third-order valence-corrected chi connectivity index (χ3v) is 3.20. The molecule has 2 aromatic rings. The third-order valence-electron chi connectivity index (χ3n) is 3.20. The van der Waals surface area contributed by atoms with Crippen LogP contribution >= 0.6 is 0 Å². The van der Waals surface area contributed by atoms with E-state index >= 15 is 0 Å². The molecule has 0 fully saturated rings. The fourth-order valence-electron chi connectivity index (χ4n) is 2.03. The molecule has 0 aromatic heterocycles. The van der Waals surface area contributed by atoms with Crippen molar-refractivity contribution in [2.75, 3.05) is 5.32 Å². The Morgan fingerprint density at radius 1 is 1.09 bits per heavy atom. The quantitative estimate of drug-likeness (QED) is 0.809. The van der Waals surface area contributed by atoms with Crippen molar-refractivity contribution in [1.29, 1.82) is 0 Å². The number of halogens is 2. The summed E-state index contributed by atoms with van der Waals surface area (Å²) in [5, 5.41) is 5.04. The van der Waals surface area contributed by atoms with Crippen molar-refractivity contribution >= 4 is 17.6 Å². The van der Waals surface area contributed by atoms with E-state index in [9.17, 15) is 18.4 Å². The van der Waals surface area contributed by atoms with Crippen LogP contribution in [0.5, 0.6) is 0 Å². The maximum absolute atomic E-state index is 13.6. The lowest BCUT2D eigenvalue weighted by molar-refractivity contribution is 0.0935. The molecule has 2 aromatic carbocycles. The van der Waals surface area contributed by atoms with Crippen molar-refractivity contribution in [3.05, 3.63) is 65.2 Å². The zero-order valence-electron chi connectivity index (χ0n) is 12.3. The Labute approximate surface area is 131 Å². The number of carbonyl (C=O) groups excluding carboxylic acids is 2. The normalized spacial score (nSPS) is 11.6. The summed E-state index contributed by atoms with van der Waals surface area (Å²) in [6.45, 7) is 1.72. The number of amides is 3. The van der Waals surface area contributed by atoms with Crippen LogP contribution in [0.1, 0.15) is 28.9 Å². The van der Waals surface area contributed by atoms with E-state index in [-0.39, 0.29) is 5.56 Å². The van der Waals surface area contributed by atoms with Crippen LogP contribution in [0, 0.1) is 11.6 Å². The summed E-state index contributed by atoms with van der Waals surface area (Å²) in [6.07, 6.45) is 0. The van der Waals surface area contributed by atoms with Crippen molar-refractivity contribution in [1.82, 2.24) is 5.32 Å². The first kappa shape index (κ1) is 16.4. The molecule has 0 spiro atoms. The molecule has 2 rings (SSSR count). The molecule has 0 saturated carbocycles. The van der Waals surface area contributed by atoms with Crippen LogP contribution in [0.25, 0.3) is 0 Å². The van der Waals surface area contributed by atoms with Crippen molar-refractivity contribution in [2.45, 2.75) is 13.0 Å². The lowest BCUT2D eigenvalue weighted by Crippen LogP contribution is -2.27. The molecule has 0 heterocycles. The molecule has 7 heteroatoms. The first-order valence-corrected chi connectivity index (χ1v) is 6.79. The van der Waals surface area contributed by atoms with Crippen LogP contribution in [-0.4, -0.2) is 11.9 Å². The van der Waals surface area contributed by atoms with Gasteiger partial charge < -0.3 is 16.4 Å². The molecule has 5 nitrogen and oxygen atoms in total. The maximum Gasteiger partial charge on any atom is 0.316 e. The van der Waals surface area contributed by atoms with E-state index < -0.39 is 29.6 Å². The number of carbonyl (C=O) groups is 2. The van der Waals surface area contributed by atoms with Crippen LogP contribution in [0.3, 0.4) is 0 Å². The van der Waals surface area contributed by atoms with E-state index in [0.29, 0.717) is 11.8 Å². The van der Waals surface area contributed by atoms with Gasteiger partial charge in [-0.3, -0.25) is 4.79 Å². The maximum atomic E-state index is 13.6. The molecular weight excluding hydrogens is 304 g/mol. The summed E-state index contributed by atoms with van der Waals surface area (Å²) in [6, 6.07) is 8.32. The number of urea groups is 1. The molecule has 0 radical (unpaired) electrons. The lowest BCUT2D eigenvalue weighted by atomic mass is 10.1. The molecule has 0 aliphatic carbocycles. The highest BCUT2D eigenvalue weighted by Gasteiger charge is 2.15. The Morgan fingerprint density at radius 2 is 1.74 bits per heavy atom. The number of hydrogen-bond donors (Lipinski definition) is 3. The molecule has 0 saturated heterocycles. The number of rotatable bonds is 4. The second-order valence-electron chi connectivity index (χ2n) is 4.93. The fraction of sp³-hybridized carbons (Fsp3) is 0.125. The minimum atomic E-state index is -0.921. The van der Waals surface area contributed by atoms with Crippen LogP contribution in [-0.2, 0) is 0 Å². The number of primary amides is 1. The van der Waals surface area contributed by atoms with Crippen molar-refractivity contribution < 1.29 is 18.4 Å².